The number of carboxylic acid groups (broad SMARTS) is 1. The Morgan fingerprint density at radius 2 is 2.12 bits per heavy atom. The SMILES string of the molecule is COc1ccc(/C(C)=N\NC(=O)Cc2csc(C)n2)cc1CC(=O)[O-]. The molecule has 0 saturated carbocycles. The molecule has 1 N–H and O–H groups in total. The van der Waals surface area contributed by atoms with Crippen LogP contribution in [0.2, 0.25) is 0 Å². The summed E-state index contributed by atoms with van der Waals surface area (Å²) in [6, 6.07) is 5.06. The number of hydrogen-bond acceptors (Lipinski definition) is 7. The minimum absolute atomic E-state index is 0.152. The molecule has 2 rings (SSSR count). The molecule has 2 aromatic rings. The summed E-state index contributed by atoms with van der Waals surface area (Å²) < 4.78 is 5.14. The topological polar surface area (TPSA) is 104 Å². The van der Waals surface area contributed by atoms with Gasteiger partial charge < -0.3 is 14.6 Å². The Balaban J connectivity index is 2.07. The third kappa shape index (κ3) is 5.39. The first-order valence-corrected chi connectivity index (χ1v) is 8.38. The summed E-state index contributed by atoms with van der Waals surface area (Å²) in [4.78, 5) is 27.0. The van der Waals surface area contributed by atoms with Crippen LogP contribution in [0.5, 0.6) is 5.75 Å². The van der Waals surface area contributed by atoms with Crippen molar-refractivity contribution in [2.24, 2.45) is 5.10 Å². The molecule has 0 spiro atoms. The zero-order chi connectivity index (χ0) is 18.4. The van der Waals surface area contributed by atoms with Gasteiger partial charge in [0.1, 0.15) is 5.75 Å². The minimum atomic E-state index is -1.20. The van der Waals surface area contributed by atoms with Gasteiger partial charge in [-0.15, -0.1) is 11.3 Å². The molecular weight excluding hydrogens is 342 g/mol. The van der Waals surface area contributed by atoms with Crippen molar-refractivity contribution in [3.63, 3.8) is 0 Å². The van der Waals surface area contributed by atoms with Crippen LogP contribution < -0.4 is 15.3 Å². The lowest BCUT2D eigenvalue weighted by Gasteiger charge is -2.11. The summed E-state index contributed by atoms with van der Waals surface area (Å²) in [7, 11) is 1.47. The van der Waals surface area contributed by atoms with E-state index >= 15 is 0 Å². The van der Waals surface area contributed by atoms with Crippen molar-refractivity contribution in [1.29, 1.82) is 0 Å². The number of hydrazone groups is 1. The fraction of sp³-hybridized carbons (Fsp3) is 0.294. The van der Waals surface area contributed by atoms with Gasteiger partial charge in [-0.05, 0) is 37.6 Å². The van der Waals surface area contributed by atoms with Crippen molar-refractivity contribution in [3.8, 4) is 5.75 Å². The molecule has 25 heavy (non-hydrogen) atoms. The standard InChI is InChI=1S/C17H19N3O4S/c1-10(19-20-16(21)8-14-9-25-11(2)18-14)12-4-5-15(24-3)13(6-12)7-17(22)23/h4-6,9H,7-8H2,1-3H3,(H,20,21)(H,22,23)/p-1/b19-10-. The van der Waals surface area contributed by atoms with Crippen LogP contribution in [0.15, 0.2) is 28.7 Å². The number of amides is 1. The molecule has 1 aromatic heterocycles. The molecule has 1 heterocycles. The first-order valence-electron chi connectivity index (χ1n) is 7.50. The normalized spacial score (nSPS) is 11.2. The van der Waals surface area contributed by atoms with Crippen molar-refractivity contribution < 1.29 is 19.4 Å². The zero-order valence-electron chi connectivity index (χ0n) is 14.2. The third-order valence-electron chi connectivity index (χ3n) is 3.39. The molecule has 0 fully saturated rings. The van der Waals surface area contributed by atoms with Gasteiger partial charge >= 0.3 is 0 Å². The first-order chi connectivity index (χ1) is 11.9. The van der Waals surface area contributed by atoms with Crippen LogP contribution in [-0.2, 0) is 22.4 Å². The van der Waals surface area contributed by atoms with E-state index in [1.807, 2.05) is 12.3 Å². The molecule has 1 aromatic carbocycles. The monoisotopic (exact) mass is 360 g/mol. The van der Waals surface area contributed by atoms with Gasteiger partial charge in [-0.1, -0.05) is 0 Å². The molecule has 0 radical (unpaired) electrons. The lowest BCUT2D eigenvalue weighted by molar-refractivity contribution is -0.304. The maximum absolute atomic E-state index is 11.9. The van der Waals surface area contributed by atoms with Gasteiger partial charge in [-0.25, -0.2) is 10.4 Å². The second-order valence-corrected chi connectivity index (χ2v) is 6.40. The zero-order valence-corrected chi connectivity index (χ0v) is 15.0. The largest absolute Gasteiger partial charge is 0.550 e. The number of thiazole rings is 1. The van der Waals surface area contributed by atoms with Gasteiger partial charge in [0.15, 0.2) is 0 Å². The number of hydrogen-bond donors (Lipinski definition) is 1. The average Bonchev–Trinajstić information content (AvgIpc) is 2.96. The van der Waals surface area contributed by atoms with Crippen LogP contribution in [0.1, 0.15) is 28.8 Å². The molecule has 0 atom stereocenters. The molecule has 0 unspecified atom stereocenters. The molecule has 8 heteroatoms. The van der Waals surface area contributed by atoms with Crippen LogP contribution in [0.4, 0.5) is 0 Å². The van der Waals surface area contributed by atoms with Crippen molar-refractivity contribution in [3.05, 3.63) is 45.4 Å². The summed E-state index contributed by atoms with van der Waals surface area (Å²) in [5.74, 6) is -1.01. The van der Waals surface area contributed by atoms with Crippen molar-refractivity contribution in [2.45, 2.75) is 26.7 Å². The number of aryl methyl sites for hydroxylation is 1. The Morgan fingerprint density at radius 1 is 1.36 bits per heavy atom. The highest BCUT2D eigenvalue weighted by Gasteiger charge is 2.09. The lowest BCUT2D eigenvalue weighted by atomic mass is 10.0. The molecule has 0 bridgehead atoms. The summed E-state index contributed by atoms with van der Waals surface area (Å²) in [6.07, 6.45) is -0.112. The van der Waals surface area contributed by atoms with Crippen LogP contribution in [-0.4, -0.2) is 29.7 Å². The van der Waals surface area contributed by atoms with Gasteiger partial charge in [0, 0.05) is 23.3 Å². The highest BCUT2D eigenvalue weighted by molar-refractivity contribution is 7.09. The fourth-order valence-corrected chi connectivity index (χ4v) is 2.81. The number of carboxylic acids is 1. The maximum Gasteiger partial charge on any atom is 0.246 e. The second kappa shape index (κ2) is 8.39. The van der Waals surface area contributed by atoms with E-state index in [1.54, 1.807) is 25.1 Å². The van der Waals surface area contributed by atoms with E-state index in [0.29, 0.717) is 28.3 Å². The summed E-state index contributed by atoms with van der Waals surface area (Å²) in [5.41, 5.74) is 4.90. The van der Waals surface area contributed by atoms with E-state index in [2.05, 4.69) is 15.5 Å². The number of ether oxygens (including phenoxy) is 1. The Hall–Kier alpha value is -2.74. The van der Waals surface area contributed by atoms with E-state index in [-0.39, 0.29) is 18.7 Å². The molecular formula is C17H18N3O4S-. The number of nitrogens with zero attached hydrogens (tertiary/aromatic N) is 2. The van der Waals surface area contributed by atoms with E-state index in [0.717, 1.165) is 5.01 Å². The predicted molar refractivity (Wildman–Crippen MR) is 92.6 cm³/mol. The molecule has 0 aliphatic rings. The molecule has 0 aliphatic heterocycles. The number of benzene rings is 1. The third-order valence-corrected chi connectivity index (χ3v) is 4.21. The Labute approximate surface area is 149 Å². The van der Waals surface area contributed by atoms with Gasteiger partial charge in [0.05, 0.1) is 29.9 Å². The molecule has 0 saturated heterocycles. The quantitative estimate of drug-likeness (QED) is 0.582. The average molecular weight is 360 g/mol. The van der Waals surface area contributed by atoms with Crippen molar-refractivity contribution >= 4 is 28.9 Å². The number of rotatable bonds is 7. The number of carbonyl (C=O) groups excluding carboxylic acids is 2. The van der Waals surface area contributed by atoms with Crippen LogP contribution >= 0.6 is 11.3 Å². The minimum Gasteiger partial charge on any atom is -0.550 e. The predicted octanol–water partition coefficient (Wildman–Crippen LogP) is 0.835. The number of aromatic nitrogens is 1. The Bertz CT molecular complexity index is 814. The van der Waals surface area contributed by atoms with Crippen LogP contribution in [0.3, 0.4) is 0 Å². The van der Waals surface area contributed by atoms with E-state index in [1.165, 1.54) is 18.4 Å². The first kappa shape index (κ1) is 18.6. The van der Waals surface area contributed by atoms with Crippen LogP contribution in [0, 0.1) is 6.92 Å². The number of methoxy groups -OCH3 is 1. The van der Waals surface area contributed by atoms with Crippen molar-refractivity contribution in [1.82, 2.24) is 10.4 Å². The summed E-state index contributed by atoms with van der Waals surface area (Å²) in [6.45, 7) is 3.60. The molecule has 132 valence electrons. The lowest BCUT2D eigenvalue weighted by Crippen LogP contribution is -2.24. The fourth-order valence-electron chi connectivity index (χ4n) is 2.20. The summed E-state index contributed by atoms with van der Waals surface area (Å²) in [5, 5.41) is 17.6. The molecule has 7 nitrogen and oxygen atoms in total. The molecule has 1 amide bonds. The van der Waals surface area contributed by atoms with Gasteiger partial charge in [-0.2, -0.15) is 5.10 Å². The highest BCUT2D eigenvalue weighted by atomic mass is 32.1. The molecule has 0 aliphatic carbocycles. The van der Waals surface area contributed by atoms with E-state index in [9.17, 15) is 14.7 Å². The Kier molecular flexibility index (Phi) is 6.24. The number of carbonyl (C=O) groups is 2. The van der Waals surface area contributed by atoms with Gasteiger partial charge in [0.2, 0.25) is 5.91 Å². The number of aliphatic carboxylic acids is 1. The van der Waals surface area contributed by atoms with Gasteiger partial charge in [0.25, 0.3) is 0 Å². The van der Waals surface area contributed by atoms with Crippen LogP contribution in [0.25, 0.3) is 0 Å². The summed E-state index contributed by atoms with van der Waals surface area (Å²) >= 11 is 1.49. The Morgan fingerprint density at radius 3 is 2.72 bits per heavy atom. The number of nitrogens with one attached hydrogen (secondary N) is 1. The van der Waals surface area contributed by atoms with Crippen molar-refractivity contribution in [2.75, 3.05) is 7.11 Å². The smallest absolute Gasteiger partial charge is 0.246 e. The van der Waals surface area contributed by atoms with E-state index in [4.69, 9.17) is 4.74 Å². The second-order valence-electron chi connectivity index (χ2n) is 5.34. The highest BCUT2D eigenvalue weighted by Crippen LogP contribution is 2.20. The van der Waals surface area contributed by atoms with E-state index < -0.39 is 5.97 Å². The van der Waals surface area contributed by atoms with Gasteiger partial charge in [-0.3, -0.25) is 4.79 Å². The maximum atomic E-state index is 11.9.